The van der Waals surface area contributed by atoms with Gasteiger partial charge in [-0.2, -0.15) is 26.0 Å². The topological polar surface area (TPSA) is 124 Å². The molecule has 1 fully saturated rings. The lowest BCUT2D eigenvalue weighted by Gasteiger charge is -2.23. The quantitative estimate of drug-likeness (QED) is 0.170. The van der Waals surface area contributed by atoms with Crippen LogP contribution in [-0.4, -0.2) is 55.9 Å². The smallest absolute Gasteiger partial charge is 0.488 e. The number of piperidine rings is 1. The third-order valence-electron chi connectivity index (χ3n) is 6.85. The van der Waals surface area contributed by atoms with E-state index >= 15 is 4.39 Å². The van der Waals surface area contributed by atoms with Gasteiger partial charge in [-0.3, -0.25) is 9.52 Å². The van der Waals surface area contributed by atoms with Crippen LogP contribution in [-0.2, 0) is 21.8 Å². The summed E-state index contributed by atoms with van der Waals surface area (Å²) in [6.45, 7) is 2.08. The largest absolute Gasteiger partial charge is 0.516 e. The molecule has 2 aromatic heterocycles. The lowest BCUT2D eigenvalue weighted by atomic mass is 10.0. The summed E-state index contributed by atoms with van der Waals surface area (Å²) in [4.78, 5) is 15.4. The number of nitrogens with one attached hydrogen (secondary N) is 3. The first-order valence-electron chi connectivity index (χ1n) is 13.3. The van der Waals surface area contributed by atoms with E-state index < -0.39 is 27.0 Å². The number of nitrogens with zero attached hydrogens (tertiary/aromatic N) is 1. The van der Waals surface area contributed by atoms with Crippen molar-refractivity contribution in [3.8, 4) is 28.4 Å². The zero-order chi connectivity index (χ0) is 30.8. The molecule has 0 radical (unpaired) electrons. The number of aryl methyl sites for hydroxylation is 1. The first-order valence-corrected chi connectivity index (χ1v) is 14.7. The fraction of sp³-hybridized carbons (Fsp3) is 0.321. The third kappa shape index (κ3) is 6.63. The summed E-state index contributed by atoms with van der Waals surface area (Å²) in [7, 11) is -4.27. The van der Waals surface area contributed by atoms with E-state index in [1.165, 1.54) is 53.0 Å². The number of hydrogen-bond acceptors (Lipinski definition) is 7. The molecule has 43 heavy (non-hydrogen) atoms. The van der Waals surface area contributed by atoms with Crippen molar-refractivity contribution in [2.24, 2.45) is 7.05 Å². The molecule has 1 saturated heterocycles. The standard InChI is InChI=1S/C28H28F4N4O6S/c1-36-16-21(19-9-12-34-26(19)27(36)37)20-15-17(35-43(38,39)28(30,31)32)5-6-22(20)42-24-4-2-3-23(25(24)29)41-14-13-40-18-7-10-33-11-8-18/h2-6,9,12,15-16,18,33-35H,7-8,10-11,13-14H2,1H3. The van der Waals surface area contributed by atoms with Gasteiger partial charge in [0.25, 0.3) is 5.56 Å². The maximum absolute atomic E-state index is 15.5. The highest BCUT2D eigenvalue weighted by Gasteiger charge is 2.46. The molecule has 0 aliphatic carbocycles. The first-order chi connectivity index (χ1) is 20.4. The molecule has 2 aromatic carbocycles. The highest BCUT2D eigenvalue weighted by molar-refractivity contribution is 7.93. The molecule has 0 spiro atoms. The van der Waals surface area contributed by atoms with Crippen molar-refractivity contribution < 1.29 is 40.2 Å². The van der Waals surface area contributed by atoms with E-state index in [2.05, 4.69) is 10.3 Å². The van der Waals surface area contributed by atoms with Gasteiger partial charge >= 0.3 is 15.5 Å². The molecular weight excluding hydrogens is 596 g/mol. The van der Waals surface area contributed by atoms with E-state index in [4.69, 9.17) is 14.2 Å². The maximum atomic E-state index is 15.5. The van der Waals surface area contributed by atoms with Gasteiger partial charge in [-0.25, -0.2) is 0 Å². The number of sulfonamides is 1. The highest BCUT2D eigenvalue weighted by Crippen LogP contribution is 2.40. The van der Waals surface area contributed by atoms with Crippen LogP contribution in [0.15, 0.2) is 59.7 Å². The number of aromatic nitrogens is 2. The minimum atomic E-state index is -5.74. The van der Waals surface area contributed by atoms with E-state index in [1.54, 1.807) is 6.07 Å². The van der Waals surface area contributed by atoms with Crippen LogP contribution in [0.1, 0.15) is 12.8 Å². The summed E-state index contributed by atoms with van der Waals surface area (Å²) in [6.07, 6.45) is 4.78. The third-order valence-corrected chi connectivity index (χ3v) is 7.96. The monoisotopic (exact) mass is 624 g/mol. The molecule has 230 valence electrons. The molecule has 5 rings (SSSR count). The van der Waals surface area contributed by atoms with Gasteiger partial charge in [0.05, 0.1) is 12.7 Å². The van der Waals surface area contributed by atoms with Crippen molar-refractivity contribution in [2.45, 2.75) is 24.5 Å². The van der Waals surface area contributed by atoms with E-state index in [-0.39, 0.29) is 53.2 Å². The van der Waals surface area contributed by atoms with Crippen molar-refractivity contribution >= 4 is 26.6 Å². The second-order valence-electron chi connectivity index (χ2n) is 9.83. The number of H-pyrrole nitrogens is 1. The van der Waals surface area contributed by atoms with E-state index in [9.17, 15) is 26.4 Å². The number of benzene rings is 2. The highest BCUT2D eigenvalue weighted by atomic mass is 32.2. The van der Waals surface area contributed by atoms with Crippen molar-refractivity contribution in [1.29, 1.82) is 0 Å². The normalized spacial score (nSPS) is 14.6. The summed E-state index contributed by atoms with van der Waals surface area (Å²) in [6, 6.07) is 9.19. The zero-order valence-corrected chi connectivity index (χ0v) is 23.6. The van der Waals surface area contributed by atoms with Gasteiger partial charge < -0.3 is 29.1 Å². The molecule has 4 aromatic rings. The van der Waals surface area contributed by atoms with Gasteiger partial charge in [0.2, 0.25) is 5.82 Å². The maximum Gasteiger partial charge on any atom is 0.516 e. The molecule has 10 nitrogen and oxygen atoms in total. The van der Waals surface area contributed by atoms with Gasteiger partial charge in [0.15, 0.2) is 11.5 Å². The fourth-order valence-corrected chi connectivity index (χ4v) is 5.27. The summed E-state index contributed by atoms with van der Waals surface area (Å²) >= 11 is 0. The number of hydrogen-bond donors (Lipinski definition) is 3. The van der Waals surface area contributed by atoms with Crippen LogP contribution in [0.3, 0.4) is 0 Å². The summed E-state index contributed by atoms with van der Waals surface area (Å²) in [5.41, 5.74) is -5.77. The van der Waals surface area contributed by atoms with Crippen LogP contribution in [0.5, 0.6) is 17.2 Å². The number of anilines is 1. The Morgan fingerprint density at radius 1 is 1.02 bits per heavy atom. The number of ether oxygens (including phenoxy) is 3. The molecule has 0 bridgehead atoms. The lowest BCUT2D eigenvalue weighted by Crippen LogP contribution is -2.33. The number of alkyl halides is 3. The zero-order valence-electron chi connectivity index (χ0n) is 22.8. The minimum Gasteiger partial charge on any atom is -0.488 e. The van der Waals surface area contributed by atoms with Crippen LogP contribution in [0.4, 0.5) is 23.2 Å². The predicted molar refractivity (Wildman–Crippen MR) is 151 cm³/mol. The van der Waals surface area contributed by atoms with Crippen LogP contribution >= 0.6 is 0 Å². The number of fused-ring (bicyclic) bond motifs is 1. The molecule has 15 heteroatoms. The second-order valence-corrected chi connectivity index (χ2v) is 11.5. The van der Waals surface area contributed by atoms with Crippen LogP contribution in [0, 0.1) is 5.82 Å². The summed E-state index contributed by atoms with van der Waals surface area (Å²) < 4.78 is 98.3. The molecule has 3 N–H and O–H groups in total. The van der Waals surface area contributed by atoms with Gasteiger partial charge in [-0.15, -0.1) is 0 Å². The van der Waals surface area contributed by atoms with Crippen LogP contribution in [0.25, 0.3) is 22.0 Å². The molecular formula is C28H28F4N4O6S. The Morgan fingerprint density at radius 3 is 2.51 bits per heavy atom. The molecule has 0 amide bonds. The number of pyridine rings is 1. The van der Waals surface area contributed by atoms with Crippen LogP contribution in [0.2, 0.25) is 0 Å². The minimum absolute atomic E-state index is 0.0265. The van der Waals surface area contributed by atoms with Crippen molar-refractivity contribution in [3.63, 3.8) is 0 Å². The van der Waals surface area contributed by atoms with Crippen molar-refractivity contribution in [1.82, 2.24) is 14.9 Å². The first kappa shape index (κ1) is 30.4. The summed E-state index contributed by atoms with van der Waals surface area (Å²) in [5, 5.41) is 3.63. The summed E-state index contributed by atoms with van der Waals surface area (Å²) in [5.74, 6) is -1.21. The SMILES string of the molecule is Cn1cc(-c2cc(NS(=O)(=O)C(F)(F)F)ccc2Oc2cccc(OCCOC3CCNCC3)c2F)c2cc[nH]c2c1=O. The molecule has 0 atom stereocenters. The van der Waals surface area contributed by atoms with Gasteiger partial charge in [0.1, 0.15) is 17.9 Å². The average molecular weight is 625 g/mol. The van der Waals surface area contributed by atoms with Crippen LogP contribution < -0.4 is 25.1 Å². The molecule has 1 aliphatic heterocycles. The average Bonchev–Trinajstić information content (AvgIpc) is 3.46. The lowest BCUT2D eigenvalue weighted by molar-refractivity contribution is -0.0429. The van der Waals surface area contributed by atoms with Crippen molar-refractivity contribution in [3.05, 3.63) is 71.0 Å². The Morgan fingerprint density at radius 2 is 1.77 bits per heavy atom. The van der Waals surface area contributed by atoms with Gasteiger partial charge in [0, 0.05) is 41.6 Å². The van der Waals surface area contributed by atoms with E-state index in [1.807, 2.05) is 0 Å². The Hall–Kier alpha value is -4.08. The Labute approximate surface area is 243 Å². The van der Waals surface area contributed by atoms with Gasteiger partial charge in [-0.1, -0.05) is 6.07 Å². The van der Waals surface area contributed by atoms with E-state index in [0.717, 1.165) is 38.1 Å². The van der Waals surface area contributed by atoms with Crippen molar-refractivity contribution in [2.75, 3.05) is 31.0 Å². The van der Waals surface area contributed by atoms with Gasteiger partial charge in [-0.05, 0) is 62.3 Å². The number of halogens is 4. The molecule has 3 heterocycles. The number of aromatic amines is 1. The Bertz CT molecular complexity index is 1780. The fourth-order valence-electron chi connectivity index (χ4n) is 4.72. The Balaban J connectivity index is 1.46. The Kier molecular flexibility index (Phi) is 8.66. The second kappa shape index (κ2) is 12.3. The number of rotatable bonds is 10. The van der Waals surface area contributed by atoms with E-state index in [0.29, 0.717) is 10.9 Å². The molecule has 0 unspecified atom stereocenters. The molecule has 1 aliphatic rings. The molecule has 0 saturated carbocycles. The predicted octanol–water partition coefficient (Wildman–Crippen LogP) is 4.87.